The fraction of sp³-hybridized carbons (Fsp3) is 0.909. The smallest absolute Gasteiger partial charge is 0.217 e. The predicted molar refractivity (Wildman–Crippen MR) is 111 cm³/mol. The minimum absolute atomic E-state index is 0. The number of rotatable bonds is 9. The van der Waals surface area contributed by atoms with Gasteiger partial charge in [-0.3, -0.25) is 9.59 Å². The first-order valence-corrected chi connectivity index (χ1v) is 11.0. The third-order valence-corrected chi connectivity index (χ3v) is 5.42. The van der Waals surface area contributed by atoms with Crippen LogP contribution in [0.3, 0.4) is 0 Å². The molecular formula is C22H43NO4. The van der Waals surface area contributed by atoms with E-state index in [0.717, 1.165) is 51.4 Å². The zero-order valence-electron chi connectivity index (χ0n) is 17.7. The molecule has 0 aromatic rings. The molecule has 0 bridgehead atoms. The summed E-state index contributed by atoms with van der Waals surface area (Å²) in [5.41, 5.74) is 5.07. The van der Waals surface area contributed by atoms with Crippen LogP contribution in [0.4, 0.5) is 0 Å². The second-order valence-electron chi connectivity index (χ2n) is 8.18. The molecule has 0 radical (unpaired) electrons. The maximum atomic E-state index is 11.2. The van der Waals surface area contributed by atoms with Crippen LogP contribution in [0.1, 0.15) is 99.2 Å². The zero-order valence-corrected chi connectivity index (χ0v) is 17.7. The van der Waals surface area contributed by atoms with Crippen LogP contribution in [-0.4, -0.2) is 36.6 Å². The molecule has 0 unspecified atom stereocenters. The monoisotopic (exact) mass is 385 g/mol. The van der Waals surface area contributed by atoms with E-state index in [1.807, 2.05) is 6.92 Å². The Morgan fingerprint density at radius 2 is 1.59 bits per heavy atom. The van der Waals surface area contributed by atoms with Crippen molar-refractivity contribution in [2.24, 2.45) is 11.7 Å². The van der Waals surface area contributed by atoms with Crippen molar-refractivity contribution in [1.29, 1.82) is 0 Å². The van der Waals surface area contributed by atoms with Crippen molar-refractivity contribution in [2.75, 3.05) is 6.61 Å². The van der Waals surface area contributed by atoms with Gasteiger partial charge in [0.15, 0.2) is 0 Å². The molecule has 0 atom stereocenters. The van der Waals surface area contributed by atoms with Gasteiger partial charge in [-0.15, -0.1) is 0 Å². The Bertz CT molecular complexity index is 417. The molecular weight excluding hydrogens is 342 g/mol. The molecule has 5 heteroatoms. The van der Waals surface area contributed by atoms with Gasteiger partial charge in [-0.25, -0.2) is 0 Å². The topological polar surface area (TPSA) is 78.6 Å². The summed E-state index contributed by atoms with van der Waals surface area (Å²) in [7, 11) is 0. The largest absolute Gasteiger partial charge is 0.378 e. The van der Waals surface area contributed by atoms with E-state index in [1.54, 1.807) is 0 Å². The lowest BCUT2D eigenvalue weighted by Crippen LogP contribution is -2.28. The van der Waals surface area contributed by atoms with E-state index in [2.05, 4.69) is 13.8 Å². The number of amides is 1. The lowest BCUT2D eigenvalue weighted by atomic mass is 9.85. The minimum Gasteiger partial charge on any atom is -0.378 e. The number of ketones is 1. The van der Waals surface area contributed by atoms with E-state index in [0.29, 0.717) is 43.0 Å². The maximum absolute atomic E-state index is 11.2. The van der Waals surface area contributed by atoms with Gasteiger partial charge < -0.3 is 15.2 Å². The quantitative estimate of drug-likeness (QED) is 0.578. The average Bonchev–Trinajstić information content (AvgIpc) is 2.66. The molecule has 2 saturated carbocycles. The van der Waals surface area contributed by atoms with E-state index in [-0.39, 0.29) is 7.33 Å². The summed E-state index contributed by atoms with van der Waals surface area (Å²) in [4.78, 5) is 21.7. The van der Waals surface area contributed by atoms with E-state index >= 15 is 0 Å². The van der Waals surface area contributed by atoms with Crippen molar-refractivity contribution in [3.63, 3.8) is 0 Å². The summed E-state index contributed by atoms with van der Waals surface area (Å²) in [6, 6.07) is 0. The van der Waals surface area contributed by atoms with Gasteiger partial charge in [-0.1, -0.05) is 26.2 Å². The molecule has 0 aliphatic heterocycles. The van der Waals surface area contributed by atoms with Gasteiger partial charge in [0.1, 0.15) is 5.78 Å². The molecule has 2 aliphatic carbocycles. The average molecular weight is 386 g/mol. The zero-order chi connectivity index (χ0) is 20.1. The van der Waals surface area contributed by atoms with Crippen LogP contribution in [0.2, 0.25) is 0 Å². The Morgan fingerprint density at radius 3 is 2.11 bits per heavy atom. The van der Waals surface area contributed by atoms with E-state index < -0.39 is 0 Å². The Kier molecular flexibility index (Phi) is 12.6. The number of hydrogen-bond acceptors (Lipinski definition) is 4. The highest BCUT2D eigenvalue weighted by atomic mass is 16.5. The summed E-state index contributed by atoms with van der Waals surface area (Å²) < 4.78 is 11.5. The number of nitrogens with two attached hydrogens (primary N) is 1. The van der Waals surface area contributed by atoms with Crippen LogP contribution in [0.25, 0.3) is 0 Å². The summed E-state index contributed by atoms with van der Waals surface area (Å²) in [5.74, 6) is 0.668. The van der Waals surface area contributed by atoms with Crippen molar-refractivity contribution < 1.29 is 20.5 Å². The predicted octanol–water partition coefficient (Wildman–Crippen LogP) is 4.80. The van der Waals surface area contributed by atoms with Crippen molar-refractivity contribution in [1.82, 2.24) is 0 Å². The van der Waals surface area contributed by atoms with E-state index in [9.17, 15) is 9.59 Å². The summed E-state index contributed by atoms with van der Waals surface area (Å²) in [5, 5.41) is 0. The molecule has 2 N–H and O–H groups in total. The van der Waals surface area contributed by atoms with Gasteiger partial charge in [0.2, 0.25) is 5.91 Å². The second-order valence-corrected chi connectivity index (χ2v) is 8.18. The Labute approximate surface area is 167 Å². The van der Waals surface area contributed by atoms with Crippen LogP contribution < -0.4 is 5.73 Å². The first kappa shape index (κ1) is 24.1. The van der Waals surface area contributed by atoms with Gasteiger partial charge in [0.05, 0.1) is 18.3 Å². The number of carbonyl (C=O) groups is 2. The molecule has 1 amide bonds. The SMILES string of the molecule is CC(C)OC1CCC(OCCCC(N)=O)CC1.CCC(=O)C1CCCCC1.[HH]. The third-order valence-electron chi connectivity index (χ3n) is 5.42. The molecule has 27 heavy (non-hydrogen) atoms. The molecule has 2 fully saturated rings. The minimum atomic E-state index is -0.248. The van der Waals surface area contributed by atoms with Gasteiger partial charge in [0, 0.05) is 26.8 Å². The highest BCUT2D eigenvalue weighted by Crippen LogP contribution is 2.25. The fourth-order valence-corrected chi connectivity index (χ4v) is 3.93. The van der Waals surface area contributed by atoms with Crippen molar-refractivity contribution in [3.05, 3.63) is 0 Å². The molecule has 160 valence electrons. The molecule has 0 spiro atoms. The molecule has 2 aliphatic rings. The molecule has 2 rings (SSSR count). The lowest BCUT2D eigenvalue weighted by Gasteiger charge is -2.29. The number of hydrogen-bond donors (Lipinski definition) is 1. The third kappa shape index (κ3) is 11.5. The van der Waals surface area contributed by atoms with Gasteiger partial charge in [0.25, 0.3) is 0 Å². The first-order valence-electron chi connectivity index (χ1n) is 11.0. The highest BCUT2D eigenvalue weighted by Gasteiger charge is 2.22. The molecule has 0 aromatic heterocycles. The van der Waals surface area contributed by atoms with Crippen LogP contribution in [0.15, 0.2) is 0 Å². The van der Waals surface area contributed by atoms with Crippen molar-refractivity contribution in [2.45, 2.75) is 116 Å². The van der Waals surface area contributed by atoms with Gasteiger partial charge >= 0.3 is 0 Å². The first-order chi connectivity index (χ1) is 12.9. The molecule has 0 heterocycles. The summed E-state index contributed by atoms with van der Waals surface area (Å²) in [6.07, 6.45) is 13.5. The highest BCUT2D eigenvalue weighted by molar-refractivity contribution is 5.80. The maximum Gasteiger partial charge on any atom is 0.217 e. The number of ether oxygens (including phenoxy) is 2. The normalized spacial score (nSPS) is 23.6. The van der Waals surface area contributed by atoms with Gasteiger partial charge in [-0.2, -0.15) is 0 Å². The van der Waals surface area contributed by atoms with Crippen LogP contribution in [-0.2, 0) is 19.1 Å². The van der Waals surface area contributed by atoms with Gasteiger partial charge in [-0.05, 0) is 58.8 Å². The van der Waals surface area contributed by atoms with Crippen LogP contribution in [0.5, 0.6) is 0 Å². The van der Waals surface area contributed by atoms with Crippen LogP contribution >= 0.6 is 0 Å². The lowest BCUT2D eigenvalue weighted by molar-refractivity contribution is -0.123. The van der Waals surface area contributed by atoms with E-state index in [1.165, 1.54) is 19.3 Å². The Hall–Kier alpha value is -0.940. The number of Topliss-reactive ketones (excluding diaryl/α,β-unsaturated/α-hetero) is 1. The van der Waals surface area contributed by atoms with Crippen molar-refractivity contribution in [3.8, 4) is 0 Å². The van der Waals surface area contributed by atoms with Crippen molar-refractivity contribution >= 4 is 11.7 Å². The number of primary amides is 1. The molecule has 0 saturated heterocycles. The molecule has 0 aromatic carbocycles. The van der Waals surface area contributed by atoms with Crippen LogP contribution in [0, 0.1) is 5.92 Å². The Balaban J connectivity index is 0.000000567. The second kappa shape index (κ2) is 14.1. The Morgan fingerprint density at radius 1 is 1.00 bits per heavy atom. The van der Waals surface area contributed by atoms with E-state index in [4.69, 9.17) is 15.2 Å². The summed E-state index contributed by atoms with van der Waals surface area (Å²) >= 11 is 0. The molecule has 5 nitrogen and oxygen atoms in total. The number of carbonyl (C=O) groups excluding carboxylic acids is 2. The fourth-order valence-electron chi connectivity index (χ4n) is 3.93. The standard InChI is InChI=1S/C13H25NO3.C9H16O.H2/c1-10(2)17-12-7-5-11(6-8-12)16-9-3-4-13(14)15;1-2-9(10)8-6-4-3-5-7-8;/h10-12H,3-9H2,1-2H3,(H2,14,15);8H,2-7H2,1H3;1H. The summed E-state index contributed by atoms with van der Waals surface area (Å²) in [6.45, 7) is 6.76.